The minimum absolute atomic E-state index is 0.340. The van der Waals surface area contributed by atoms with E-state index in [4.69, 9.17) is 5.11 Å². The molecule has 6 nitrogen and oxygen atoms in total. The van der Waals surface area contributed by atoms with Gasteiger partial charge in [-0.2, -0.15) is 8.42 Å². The third-order valence-electron chi connectivity index (χ3n) is 2.44. The normalized spacial score (nSPS) is 10.8. The van der Waals surface area contributed by atoms with Crippen LogP contribution in [0.2, 0.25) is 0 Å². The molecule has 0 heterocycles. The minimum atomic E-state index is -4.24. The molecule has 0 aliphatic heterocycles. The molecular formula is C13H12N2O4S. The molecule has 1 amide bonds. The van der Waals surface area contributed by atoms with Crippen molar-refractivity contribution in [3.63, 3.8) is 0 Å². The van der Waals surface area contributed by atoms with Crippen molar-refractivity contribution < 1.29 is 18.3 Å². The maximum atomic E-state index is 12.2. The summed E-state index contributed by atoms with van der Waals surface area (Å²) in [6.07, 6.45) is -1.64. The van der Waals surface area contributed by atoms with Crippen molar-refractivity contribution in [2.24, 2.45) is 0 Å². The first-order chi connectivity index (χ1) is 9.50. The maximum absolute atomic E-state index is 12.2. The fourth-order valence-corrected chi connectivity index (χ4v) is 2.82. The summed E-state index contributed by atoms with van der Waals surface area (Å²) in [4.78, 5) is 10.7. The lowest BCUT2D eigenvalue weighted by Gasteiger charge is -2.23. The Morgan fingerprint density at radius 1 is 0.900 bits per heavy atom. The van der Waals surface area contributed by atoms with E-state index in [1.807, 2.05) is 0 Å². The largest absolute Gasteiger partial charge is 0.464 e. The van der Waals surface area contributed by atoms with Crippen LogP contribution in [0.25, 0.3) is 0 Å². The van der Waals surface area contributed by atoms with E-state index >= 15 is 0 Å². The molecule has 0 fully saturated rings. The summed E-state index contributed by atoms with van der Waals surface area (Å²) in [6.45, 7) is 0. The molecule has 0 atom stereocenters. The van der Waals surface area contributed by atoms with E-state index in [1.165, 1.54) is 4.72 Å². The minimum Gasteiger partial charge on any atom is -0.464 e. The number of rotatable bonds is 4. The molecule has 0 spiro atoms. The molecule has 104 valence electrons. The number of para-hydroxylation sites is 2. The van der Waals surface area contributed by atoms with Gasteiger partial charge in [0.15, 0.2) is 0 Å². The topological polar surface area (TPSA) is 86.7 Å². The highest BCUT2D eigenvalue weighted by atomic mass is 32.2. The van der Waals surface area contributed by atoms with E-state index in [0.29, 0.717) is 11.4 Å². The van der Waals surface area contributed by atoms with Crippen molar-refractivity contribution in [1.29, 1.82) is 0 Å². The van der Waals surface area contributed by atoms with Crippen LogP contribution >= 0.6 is 0 Å². The standard InChI is InChI=1S/C13H12N2O4S/c16-13(17)14-20(18,19)15(11-7-3-1-4-8-11)12-9-5-2-6-10-12/h1-10,14H,(H,16,17). The second-order valence-electron chi connectivity index (χ2n) is 3.85. The number of carboxylic acid groups (broad SMARTS) is 1. The van der Waals surface area contributed by atoms with Gasteiger partial charge in [-0.1, -0.05) is 36.4 Å². The lowest BCUT2D eigenvalue weighted by Crippen LogP contribution is -2.40. The summed E-state index contributed by atoms with van der Waals surface area (Å²) in [5.74, 6) is 0. The first kappa shape index (κ1) is 13.9. The van der Waals surface area contributed by atoms with E-state index in [9.17, 15) is 13.2 Å². The van der Waals surface area contributed by atoms with E-state index in [-0.39, 0.29) is 0 Å². The van der Waals surface area contributed by atoms with E-state index < -0.39 is 16.3 Å². The van der Waals surface area contributed by atoms with E-state index in [1.54, 1.807) is 60.7 Å². The zero-order chi connectivity index (χ0) is 14.6. The van der Waals surface area contributed by atoms with Gasteiger partial charge in [-0.25, -0.2) is 13.8 Å². The molecule has 0 bridgehead atoms. The Morgan fingerprint density at radius 3 is 1.65 bits per heavy atom. The number of hydrogen-bond acceptors (Lipinski definition) is 3. The quantitative estimate of drug-likeness (QED) is 0.905. The van der Waals surface area contributed by atoms with Crippen molar-refractivity contribution >= 4 is 27.7 Å². The molecule has 0 unspecified atom stereocenters. The number of nitrogens with zero attached hydrogens (tertiary/aromatic N) is 1. The van der Waals surface area contributed by atoms with Crippen molar-refractivity contribution in [3.8, 4) is 0 Å². The highest BCUT2D eigenvalue weighted by Gasteiger charge is 2.25. The first-order valence-corrected chi connectivity index (χ1v) is 7.11. The fraction of sp³-hybridized carbons (Fsp3) is 0. The molecule has 7 heteroatoms. The Kier molecular flexibility index (Phi) is 3.90. The Bertz CT molecular complexity index is 647. The number of benzene rings is 2. The summed E-state index contributed by atoms with van der Waals surface area (Å²) in [6, 6.07) is 16.5. The van der Waals surface area contributed by atoms with Gasteiger partial charge in [0.1, 0.15) is 0 Å². The molecule has 0 aliphatic carbocycles. The summed E-state index contributed by atoms with van der Waals surface area (Å²) >= 11 is 0. The highest BCUT2D eigenvalue weighted by Crippen LogP contribution is 2.27. The van der Waals surface area contributed by atoms with Gasteiger partial charge in [-0.3, -0.25) is 0 Å². The van der Waals surface area contributed by atoms with Gasteiger partial charge < -0.3 is 5.11 Å². The maximum Gasteiger partial charge on any atom is 0.419 e. The van der Waals surface area contributed by atoms with Gasteiger partial charge in [-0.05, 0) is 24.3 Å². The summed E-state index contributed by atoms with van der Waals surface area (Å²) in [5.41, 5.74) is 0.680. The predicted octanol–water partition coefficient (Wildman–Crippen LogP) is 2.34. The lowest BCUT2D eigenvalue weighted by atomic mass is 10.3. The molecule has 0 aromatic heterocycles. The van der Waals surface area contributed by atoms with Crippen LogP contribution in [-0.4, -0.2) is 19.6 Å². The van der Waals surface area contributed by atoms with Crippen LogP contribution in [0, 0.1) is 0 Å². The predicted molar refractivity (Wildman–Crippen MR) is 75.1 cm³/mol. The Hall–Kier alpha value is -2.54. The summed E-state index contributed by atoms with van der Waals surface area (Å²) in [7, 11) is -4.24. The molecule has 0 aliphatic rings. The van der Waals surface area contributed by atoms with Crippen LogP contribution in [0.5, 0.6) is 0 Å². The van der Waals surface area contributed by atoms with E-state index in [2.05, 4.69) is 0 Å². The van der Waals surface area contributed by atoms with Gasteiger partial charge in [-0.15, -0.1) is 0 Å². The number of nitrogens with one attached hydrogen (secondary N) is 1. The average Bonchev–Trinajstić information content (AvgIpc) is 2.39. The third kappa shape index (κ3) is 3.07. The van der Waals surface area contributed by atoms with Gasteiger partial charge in [0.05, 0.1) is 11.4 Å². The SMILES string of the molecule is O=C(O)NS(=O)(=O)N(c1ccccc1)c1ccccc1. The monoisotopic (exact) mass is 292 g/mol. The zero-order valence-electron chi connectivity index (χ0n) is 10.3. The number of carbonyl (C=O) groups is 1. The molecule has 20 heavy (non-hydrogen) atoms. The van der Waals surface area contributed by atoms with Crippen molar-refractivity contribution in [2.75, 3.05) is 4.31 Å². The van der Waals surface area contributed by atoms with Crippen LogP contribution in [0.3, 0.4) is 0 Å². The molecule has 2 rings (SSSR count). The van der Waals surface area contributed by atoms with E-state index in [0.717, 1.165) is 4.31 Å². The Labute approximate surface area is 116 Å². The van der Waals surface area contributed by atoms with Crippen molar-refractivity contribution in [3.05, 3.63) is 60.7 Å². The third-order valence-corrected chi connectivity index (χ3v) is 3.77. The zero-order valence-corrected chi connectivity index (χ0v) is 11.1. The molecular weight excluding hydrogens is 280 g/mol. The Morgan fingerprint density at radius 2 is 1.30 bits per heavy atom. The second-order valence-corrected chi connectivity index (χ2v) is 5.37. The molecule has 0 radical (unpaired) electrons. The van der Waals surface area contributed by atoms with Gasteiger partial charge >= 0.3 is 16.3 Å². The number of anilines is 2. The van der Waals surface area contributed by atoms with Gasteiger partial charge in [0, 0.05) is 0 Å². The summed E-state index contributed by atoms with van der Waals surface area (Å²) in [5, 5.41) is 8.67. The first-order valence-electron chi connectivity index (χ1n) is 5.67. The molecule has 2 N–H and O–H groups in total. The number of hydrogen-bond donors (Lipinski definition) is 2. The average molecular weight is 292 g/mol. The lowest BCUT2D eigenvalue weighted by molar-refractivity contribution is 0.201. The molecule has 0 saturated carbocycles. The van der Waals surface area contributed by atoms with Crippen LogP contribution in [-0.2, 0) is 10.2 Å². The van der Waals surface area contributed by atoms with Crippen LogP contribution in [0.1, 0.15) is 0 Å². The van der Waals surface area contributed by atoms with Crippen LogP contribution in [0.15, 0.2) is 60.7 Å². The molecule has 2 aromatic carbocycles. The Balaban J connectivity index is 2.54. The second kappa shape index (κ2) is 5.62. The number of amides is 1. The molecule has 2 aromatic rings. The van der Waals surface area contributed by atoms with Crippen LogP contribution in [0.4, 0.5) is 16.2 Å². The van der Waals surface area contributed by atoms with Crippen LogP contribution < -0.4 is 9.03 Å². The van der Waals surface area contributed by atoms with Crippen molar-refractivity contribution in [1.82, 2.24) is 4.72 Å². The van der Waals surface area contributed by atoms with Gasteiger partial charge in [0.25, 0.3) is 0 Å². The highest BCUT2D eigenvalue weighted by molar-refractivity contribution is 7.91. The van der Waals surface area contributed by atoms with Gasteiger partial charge in [0.2, 0.25) is 0 Å². The molecule has 0 saturated heterocycles. The smallest absolute Gasteiger partial charge is 0.419 e. The fourth-order valence-electron chi connectivity index (χ4n) is 1.71. The van der Waals surface area contributed by atoms with Crippen molar-refractivity contribution in [2.45, 2.75) is 0 Å². The summed E-state index contributed by atoms with van der Waals surface area (Å²) < 4.78 is 26.8.